The molecule has 1 unspecified atom stereocenters. The van der Waals surface area contributed by atoms with Crippen LogP contribution in [0.5, 0.6) is 0 Å². The van der Waals surface area contributed by atoms with E-state index in [1.807, 2.05) is 24.0 Å². The number of nitriles is 1. The van der Waals surface area contributed by atoms with Gasteiger partial charge >= 0.3 is 5.97 Å². The second-order valence-corrected chi connectivity index (χ2v) is 4.65. The molecule has 1 aromatic rings. The molecular weight excluding hydrogens is 244 g/mol. The zero-order valence-corrected chi connectivity index (χ0v) is 10.8. The van der Waals surface area contributed by atoms with Crippen LogP contribution in [-0.2, 0) is 9.53 Å². The van der Waals surface area contributed by atoms with Crippen molar-refractivity contribution in [3.8, 4) is 6.07 Å². The molecule has 1 aromatic carbocycles. The SMILES string of the molecule is Cc1ccc(C#N)c(N2CCOCC2CC(=O)O)c1. The maximum atomic E-state index is 10.9. The van der Waals surface area contributed by atoms with E-state index in [0.29, 0.717) is 25.3 Å². The third-order valence-corrected chi connectivity index (χ3v) is 3.22. The molecule has 0 spiro atoms. The number of hydrogen-bond acceptors (Lipinski definition) is 4. The monoisotopic (exact) mass is 260 g/mol. The third kappa shape index (κ3) is 3.04. The highest BCUT2D eigenvalue weighted by Crippen LogP contribution is 2.26. The summed E-state index contributed by atoms with van der Waals surface area (Å²) in [5.74, 6) is -0.855. The van der Waals surface area contributed by atoms with Gasteiger partial charge in [0.25, 0.3) is 0 Å². The lowest BCUT2D eigenvalue weighted by atomic mass is 10.1. The molecule has 0 saturated carbocycles. The fraction of sp³-hybridized carbons (Fsp3) is 0.429. The molecule has 2 rings (SSSR count). The normalized spacial score (nSPS) is 18.9. The van der Waals surface area contributed by atoms with E-state index in [2.05, 4.69) is 6.07 Å². The Bertz CT molecular complexity index is 522. The molecule has 5 nitrogen and oxygen atoms in total. The van der Waals surface area contributed by atoms with Crippen molar-refractivity contribution in [3.05, 3.63) is 29.3 Å². The minimum absolute atomic E-state index is 0.0127. The molecule has 1 atom stereocenters. The molecule has 0 aliphatic carbocycles. The molecule has 0 amide bonds. The fourth-order valence-corrected chi connectivity index (χ4v) is 2.32. The van der Waals surface area contributed by atoms with Crippen LogP contribution >= 0.6 is 0 Å². The van der Waals surface area contributed by atoms with Gasteiger partial charge in [0.15, 0.2) is 0 Å². The topological polar surface area (TPSA) is 73.6 Å². The Kier molecular flexibility index (Phi) is 4.03. The second-order valence-electron chi connectivity index (χ2n) is 4.65. The molecule has 5 heteroatoms. The van der Waals surface area contributed by atoms with Crippen LogP contribution in [0.3, 0.4) is 0 Å². The first-order chi connectivity index (χ1) is 9.11. The van der Waals surface area contributed by atoms with Gasteiger partial charge in [0.05, 0.1) is 36.9 Å². The van der Waals surface area contributed by atoms with Gasteiger partial charge in [-0.25, -0.2) is 0 Å². The summed E-state index contributed by atoms with van der Waals surface area (Å²) in [5, 5.41) is 18.1. The van der Waals surface area contributed by atoms with Crippen molar-refractivity contribution in [1.82, 2.24) is 0 Å². The number of benzene rings is 1. The summed E-state index contributed by atoms with van der Waals surface area (Å²) in [5.41, 5.74) is 2.43. The number of aryl methyl sites for hydroxylation is 1. The maximum Gasteiger partial charge on any atom is 0.305 e. The van der Waals surface area contributed by atoms with Crippen molar-refractivity contribution in [2.75, 3.05) is 24.7 Å². The predicted molar refractivity (Wildman–Crippen MR) is 70.1 cm³/mol. The summed E-state index contributed by atoms with van der Waals surface area (Å²) in [4.78, 5) is 12.9. The molecule has 100 valence electrons. The molecular formula is C14H16N2O3. The van der Waals surface area contributed by atoms with Crippen LogP contribution in [0.4, 0.5) is 5.69 Å². The lowest BCUT2D eigenvalue weighted by Gasteiger charge is -2.37. The minimum atomic E-state index is -0.855. The number of morpholine rings is 1. The highest BCUT2D eigenvalue weighted by molar-refractivity contribution is 5.69. The zero-order chi connectivity index (χ0) is 13.8. The molecule has 1 aliphatic rings. The average molecular weight is 260 g/mol. The molecule has 0 aromatic heterocycles. The van der Waals surface area contributed by atoms with Gasteiger partial charge in [0, 0.05) is 6.54 Å². The van der Waals surface area contributed by atoms with E-state index in [1.165, 1.54) is 0 Å². The summed E-state index contributed by atoms with van der Waals surface area (Å²) < 4.78 is 5.35. The lowest BCUT2D eigenvalue weighted by Crippen LogP contribution is -2.47. The molecule has 1 heterocycles. The van der Waals surface area contributed by atoms with Gasteiger partial charge < -0.3 is 14.7 Å². The van der Waals surface area contributed by atoms with E-state index >= 15 is 0 Å². The van der Waals surface area contributed by atoms with Crippen molar-refractivity contribution in [1.29, 1.82) is 5.26 Å². The Hall–Kier alpha value is -2.06. The van der Waals surface area contributed by atoms with Crippen LogP contribution in [-0.4, -0.2) is 36.9 Å². The molecule has 1 aliphatic heterocycles. The molecule has 0 bridgehead atoms. The van der Waals surface area contributed by atoms with E-state index in [0.717, 1.165) is 11.3 Å². The van der Waals surface area contributed by atoms with Gasteiger partial charge in [-0.05, 0) is 24.6 Å². The lowest BCUT2D eigenvalue weighted by molar-refractivity contribution is -0.138. The number of ether oxygens (including phenoxy) is 1. The van der Waals surface area contributed by atoms with Crippen molar-refractivity contribution in [3.63, 3.8) is 0 Å². The number of rotatable bonds is 3. The number of aliphatic carboxylic acids is 1. The Morgan fingerprint density at radius 2 is 2.42 bits per heavy atom. The van der Waals surface area contributed by atoms with Crippen molar-refractivity contribution in [2.24, 2.45) is 0 Å². The predicted octanol–water partition coefficient (Wildman–Crippen LogP) is 1.55. The third-order valence-electron chi connectivity index (χ3n) is 3.22. The smallest absolute Gasteiger partial charge is 0.305 e. The average Bonchev–Trinajstić information content (AvgIpc) is 2.38. The van der Waals surface area contributed by atoms with Gasteiger partial charge in [-0.1, -0.05) is 6.07 Å². The number of hydrogen-bond donors (Lipinski definition) is 1. The summed E-state index contributed by atoms with van der Waals surface area (Å²) in [6.45, 7) is 3.49. The van der Waals surface area contributed by atoms with Gasteiger partial charge in [-0.15, -0.1) is 0 Å². The first-order valence-electron chi connectivity index (χ1n) is 6.18. The van der Waals surface area contributed by atoms with E-state index < -0.39 is 5.97 Å². The largest absolute Gasteiger partial charge is 0.481 e. The number of anilines is 1. The fourth-order valence-electron chi connectivity index (χ4n) is 2.32. The number of carboxylic acids is 1. The van der Waals surface area contributed by atoms with Gasteiger partial charge in [0.1, 0.15) is 6.07 Å². The summed E-state index contributed by atoms with van der Waals surface area (Å²) in [7, 11) is 0. The Balaban J connectivity index is 2.34. The maximum absolute atomic E-state index is 10.9. The zero-order valence-electron chi connectivity index (χ0n) is 10.8. The molecule has 1 fully saturated rings. The summed E-state index contributed by atoms with van der Waals surface area (Å²) in [6.07, 6.45) is 0.0127. The van der Waals surface area contributed by atoms with Gasteiger partial charge in [-0.3, -0.25) is 4.79 Å². The quantitative estimate of drug-likeness (QED) is 0.892. The molecule has 19 heavy (non-hydrogen) atoms. The van der Waals surface area contributed by atoms with Crippen LogP contribution in [0.2, 0.25) is 0 Å². The van der Waals surface area contributed by atoms with Crippen LogP contribution in [0.25, 0.3) is 0 Å². The highest BCUT2D eigenvalue weighted by atomic mass is 16.5. The van der Waals surface area contributed by atoms with Crippen LogP contribution in [0, 0.1) is 18.3 Å². The van der Waals surface area contributed by atoms with E-state index in [9.17, 15) is 10.1 Å². The summed E-state index contributed by atoms with van der Waals surface area (Å²) >= 11 is 0. The Morgan fingerprint density at radius 3 is 3.11 bits per heavy atom. The van der Waals surface area contributed by atoms with Gasteiger partial charge in [0.2, 0.25) is 0 Å². The van der Waals surface area contributed by atoms with E-state index in [4.69, 9.17) is 9.84 Å². The number of carbonyl (C=O) groups is 1. The molecule has 0 radical (unpaired) electrons. The molecule has 1 N–H and O–H groups in total. The van der Waals surface area contributed by atoms with E-state index in [-0.39, 0.29) is 12.5 Å². The minimum Gasteiger partial charge on any atom is -0.481 e. The standard InChI is InChI=1S/C14H16N2O3/c1-10-2-3-11(8-15)13(6-10)16-4-5-19-9-12(16)7-14(17)18/h2-3,6,12H,4-5,7,9H2,1H3,(H,17,18). The van der Waals surface area contributed by atoms with Gasteiger partial charge in [-0.2, -0.15) is 5.26 Å². The molecule has 1 saturated heterocycles. The van der Waals surface area contributed by atoms with E-state index in [1.54, 1.807) is 6.07 Å². The van der Waals surface area contributed by atoms with Crippen LogP contribution in [0.1, 0.15) is 17.5 Å². The summed E-state index contributed by atoms with van der Waals surface area (Å²) in [6, 6.07) is 7.53. The first kappa shape index (κ1) is 13.4. The van der Waals surface area contributed by atoms with Crippen molar-refractivity contribution in [2.45, 2.75) is 19.4 Å². The number of nitrogens with zero attached hydrogens (tertiary/aromatic N) is 2. The first-order valence-corrected chi connectivity index (χ1v) is 6.18. The Labute approximate surface area is 112 Å². The Morgan fingerprint density at radius 1 is 1.63 bits per heavy atom. The van der Waals surface area contributed by atoms with Crippen LogP contribution in [0.15, 0.2) is 18.2 Å². The van der Waals surface area contributed by atoms with Crippen LogP contribution < -0.4 is 4.90 Å². The number of carboxylic acid groups (broad SMARTS) is 1. The van der Waals surface area contributed by atoms with Crippen molar-refractivity contribution >= 4 is 11.7 Å². The van der Waals surface area contributed by atoms with Crippen molar-refractivity contribution < 1.29 is 14.6 Å². The highest BCUT2D eigenvalue weighted by Gasteiger charge is 2.27. The second kappa shape index (κ2) is 5.72.